The molecule has 0 aliphatic rings. The summed E-state index contributed by atoms with van der Waals surface area (Å²) in [7, 11) is 0. The zero-order chi connectivity index (χ0) is 20.2. The number of carbonyl (C=O) groups is 1. The molecule has 2 aromatic heterocycles. The first-order valence-corrected chi connectivity index (χ1v) is 9.44. The van der Waals surface area contributed by atoms with E-state index in [1.54, 1.807) is 10.9 Å². The molecule has 2 N–H and O–H groups in total. The standard InChI is InChI=1S/C22H22N6O/c1-15-11-18-19(12-16(15)2)25-21(24-18)13-23-22(29)20-14-28(27-26-20)10-6-9-17-7-4-3-5-8-17/h3-9,11-12,14H,10,13H2,1-2H3,(H,23,29)(H,24,25)/b9-6+. The number of hydrogen-bond acceptors (Lipinski definition) is 4. The Kier molecular flexibility index (Phi) is 5.20. The zero-order valence-corrected chi connectivity index (χ0v) is 16.4. The third-order valence-corrected chi connectivity index (χ3v) is 4.74. The van der Waals surface area contributed by atoms with Crippen LogP contribution in [0.4, 0.5) is 0 Å². The molecule has 0 unspecified atom stereocenters. The Morgan fingerprint density at radius 3 is 2.79 bits per heavy atom. The molecule has 146 valence electrons. The fourth-order valence-electron chi connectivity index (χ4n) is 3.01. The summed E-state index contributed by atoms with van der Waals surface area (Å²) in [5, 5.41) is 10.8. The van der Waals surface area contributed by atoms with Crippen LogP contribution in [-0.4, -0.2) is 30.9 Å². The topological polar surface area (TPSA) is 88.5 Å². The number of aryl methyl sites for hydroxylation is 2. The van der Waals surface area contributed by atoms with Gasteiger partial charge in [0, 0.05) is 0 Å². The zero-order valence-electron chi connectivity index (χ0n) is 16.4. The first-order chi connectivity index (χ1) is 14.1. The first kappa shape index (κ1) is 18.6. The second-order valence-electron chi connectivity index (χ2n) is 6.96. The maximum Gasteiger partial charge on any atom is 0.273 e. The molecule has 29 heavy (non-hydrogen) atoms. The number of nitrogens with zero attached hydrogens (tertiary/aromatic N) is 4. The van der Waals surface area contributed by atoms with Crippen LogP contribution in [-0.2, 0) is 13.1 Å². The van der Waals surface area contributed by atoms with Gasteiger partial charge in [0.05, 0.1) is 30.3 Å². The fourth-order valence-corrected chi connectivity index (χ4v) is 3.01. The van der Waals surface area contributed by atoms with Gasteiger partial charge in [-0.25, -0.2) is 9.67 Å². The van der Waals surface area contributed by atoms with Crippen molar-refractivity contribution in [1.82, 2.24) is 30.3 Å². The molecule has 4 aromatic rings. The highest BCUT2D eigenvalue weighted by Gasteiger charge is 2.11. The minimum atomic E-state index is -0.281. The van der Waals surface area contributed by atoms with Crippen LogP contribution in [0.5, 0.6) is 0 Å². The number of nitrogens with one attached hydrogen (secondary N) is 2. The van der Waals surface area contributed by atoms with Crippen LogP contribution in [0.1, 0.15) is 33.0 Å². The summed E-state index contributed by atoms with van der Waals surface area (Å²) in [5.74, 6) is 0.424. The second kappa shape index (κ2) is 8.10. The number of aromatic nitrogens is 5. The maximum atomic E-state index is 12.4. The Morgan fingerprint density at radius 1 is 1.17 bits per heavy atom. The summed E-state index contributed by atoms with van der Waals surface area (Å²) in [6, 6.07) is 14.1. The summed E-state index contributed by atoms with van der Waals surface area (Å²) < 4.78 is 1.63. The lowest BCUT2D eigenvalue weighted by atomic mass is 10.1. The van der Waals surface area contributed by atoms with E-state index in [9.17, 15) is 4.79 Å². The molecule has 0 aliphatic heterocycles. The van der Waals surface area contributed by atoms with Crippen LogP contribution in [0.15, 0.2) is 54.7 Å². The van der Waals surface area contributed by atoms with E-state index in [4.69, 9.17) is 0 Å². The van der Waals surface area contributed by atoms with Crippen LogP contribution in [0.25, 0.3) is 17.1 Å². The number of carbonyl (C=O) groups excluding carboxylic acids is 1. The monoisotopic (exact) mass is 386 g/mol. The van der Waals surface area contributed by atoms with E-state index in [0.717, 1.165) is 16.6 Å². The van der Waals surface area contributed by atoms with E-state index in [2.05, 4.69) is 45.5 Å². The van der Waals surface area contributed by atoms with Crippen LogP contribution < -0.4 is 5.32 Å². The molecule has 0 spiro atoms. The summed E-state index contributed by atoms with van der Waals surface area (Å²) >= 11 is 0. The van der Waals surface area contributed by atoms with Crippen LogP contribution in [0.3, 0.4) is 0 Å². The number of allylic oxidation sites excluding steroid dienone is 1. The normalized spacial score (nSPS) is 11.4. The molecule has 0 saturated heterocycles. The number of amides is 1. The third-order valence-electron chi connectivity index (χ3n) is 4.74. The van der Waals surface area contributed by atoms with Gasteiger partial charge in [0.2, 0.25) is 0 Å². The minimum absolute atomic E-state index is 0.279. The van der Waals surface area contributed by atoms with E-state index in [0.29, 0.717) is 18.9 Å². The highest BCUT2D eigenvalue weighted by atomic mass is 16.2. The fraction of sp³-hybridized carbons (Fsp3) is 0.182. The number of rotatable bonds is 6. The quantitative estimate of drug-likeness (QED) is 0.531. The van der Waals surface area contributed by atoms with Crippen molar-refractivity contribution in [3.05, 3.63) is 82.9 Å². The number of fused-ring (bicyclic) bond motifs is 1. The van der Waals surface area contributed by atoms with Gasteiger partial charge in [-0.15, -0.1) is 5.10 Å². The predicted molar refractivity (Wildman–Crippen MR) is 112 cm³/mol. The Morgan fingerprint density at radius 2 is 1.97 bits per heavy atom. The number of imidazole rings is 1. The van der Waals surface area contributed by atoms with Crippen molar-refractivity contribution in [2.45, 2.75) is 26.9 Å². The van der Waals surface area contributed by atoms with Gasteiger partial charge in [-0.2, -0.15) is 0 Å². The van der Waals surface area contributed by atoms with Crippen molar-refractivity contribution < 1.29 is 4.79 Å². The highest BCUT2D eigenvalue weighted by Crippen LogP contribution is 2.17. The Labute approximate surface area is 168 Å². The largest absolute Gasteiger partial charge is 0.343 e. The van der Waals surface area contributed by atoms with Crippen LogP contribution in [0.2, 0.25) is 0 Å². The second-order valence-corrected chi connectivity index (χ2v) is 6.96. The van der Waals surface area contributed by atoms with E-state index >= 15 is 0 Å². The molecule has 0 bridgehead atoms. The van der Waals surface area contributed by atoms with Gasteiger partial charge in [-0.3, -0.25) is 4.79 Å². The molecule has 7 nitrogen and oxygen atoms in total. The molecule has 1 amide bonds. The lowest BCUT2D eigenvalue weighted by Gasteiger charge is -1.99. The van der Waals surface area contributed by atoms with Gasteiger partial charge >= 0.3 is 0 Å². The summed E-state index contributed by atoms with van der Waals surface area (Å²) in [6.07, 6.45) is 5.62. The molecule has 4 rings (SSSR count). The summed E-state index contributed by atoms with van der Waals surface area (Å²) in [4.78, 5) is 20.1. The maximum absolute atomic E-state index is 12.4. The minimum Gasteiger partial charge on any atom is -0.343 e. The molecule has 2 aromatic carbocycles. The summed E-state index contributed by atoms with van der Waals surface area (Å²) in [6.45, 7) is 4.96. The molecule has 0 aliphatic carbocycles. The van der Waals surface area contributed by atoms with Crippen molar-refractivity contribution in [2.24, 2.45) is 0 Å². The first-order valence-electron chi connectivity index (χ1n) is 9.44. The van der Waals surface area contributed by atoms with E-state index < -0.39 is 0 Å². The molecule has 2 heterocycles. The van der Waals surface area contributed by atoms with Crippen LogP contribution in [0, 0.1) is 13.8 Å². The van der Waals surface area contributed by atoms with Crippen molar-refractivity contribution in [2.75, 3.05) is 0 Å². The van der Waals surface area contributed by atoms with Gasteiger partial charge in [-0.1, -0.05) is 47.7 Å². The molecule has 0 radical (unpaired) electrons. The lowest BCUT2D eigenvalue weighted by Crippen LogP contribution is -2.23. The van der Waals surface area contributed by atoms with Crippen molar-refractivity contribution >= 4 is 23.0 Å². The predicted octanol–water partition coefficient (Wildman–Crippen LogP) is 3.41. The molecule has 7 heteroatoms. The number of aromatic amines is 1. The van der Waals surface area contributed by atoms with E-state index in [1.807, 2.05) is 48.6 Å². The number of hydrogen-bond donors (Lipinski definition) is 2. The average Bonchev–Trinajstić information content (AvgIpc) is 3.34. The number of benzene rings is 2. The smallest absolute Gasteiger partial charge is 0.273 e. The van der Waals surface area contributed by atoms with Gasteiger partial charge < -0.3 is 10.3 Å². The lowest BCUT2D eigenvalue weighted by molar-refractivity contribution is 0.0945. The van der Waals surface area contributed by atoms with E-state index in [1.165, 1.54) is 11.1 Å². The molecule has 0 fully saturated rings. The van der Waals surface area contributed by atoms with Gasteiger partial charge in [0.1, 0.15) is 5.82 Å². The highest BCUT2D eigenvalue weighted by molar-refractivity contribution is 5.91. The van der Waals surface area contributed by atoms with Crippen LogP contribution >= 0.6 is 0 Å². The molecule has 0 saturated carbocycles. The van der Waals surface area contributed by atoms with Gasteiger partial charge in [0.15, 0.2) is 5.69 Å². The Balaban J connectivity index is 1.35. The van der Waals surface area contributed by atoms with Gasteiger partial charge in [0.25, 0.3) is 5.91 Å². The van der Waals surface area contributed by atoms with Gasteiger partial charge in [-0.05, 0) is 42.7 Å². The molecular weight excluding hydrogens is 364 g/mol. The SMILES string of the molecule is Cc1cc2nc(CNC(=O)c3cn(C/C=C/c4ccccc4)nn3)[nH]c2cc1C. The Hall–Kier alpha value is -3.74. The Bertz CT molecular complexity index is 1130. The molecule has 0 atom stereocenters. The van der Waals surface area contributed by atoms with Crippen molar-refractivity contribution in [3.63, 3.8) is 0 Å². The third kappa shape index (κ3) is 4.40. The van der Waals surface area contributed by atoms with Crippen molar-refractivity contribution in [1.29, 1.82) is 0 Å². The number of H-pyrrole nitrogens is 1. The van der Waals surface area contributed by atoms with Crippen molar-refractivity contribution in [3.8, 4) is 0 Å². The summed E-state index contributed by atoms with van der Waals surface area (Å²) in [5.41, 5.74) is 5.65. The molecular formula is C22H22N6O. The average molecular weight is 386 g/mol. The van der Waals surface area contributed by atoms with E-state index in [-0.39, 0.29) is 11.6 Å².